The first-order valence-electron chi connectivity index (χ1n) is 9.90. The Labute approximate surface area is 171 Å². The first-order chi connectivity index (χ1) is 13.8. The average Bonchev–Trinajstić information content (AvgIpc) is 2.71. The van der Waals surface area contributed by atoms with Crippen molar-refractivity contribution < 1.29 is 19.8 Å². The maximum Gasteiger partial charge on any atom is 0.253 e. The fourth-order valence-corrected chi connectivity index (χ4v) is 3.85. The number of carbonyl (C=O) groups is 2. The molecule has 2 aromatic carbocycles. The summed E-state index contributed by atoms with van der Waals surface area (Å²) in [6, 6.07) is 9.78. The molecule has 0 aliphatic carbocycles. The molecule has 1 saturated heterocycles. The molecule has 0 bridgehead atoms. The summed E-state index contributed by atoms with van der Waals surface area (Å²) in [4.78, 5) is 29.1. The molecule has 1 atom stereocenters. The minimum atomic E-state index is -0.0919. The summed E-state index contributed by atoms with van der Waals surface area (Å²) in [7, 11) is 1.77. The maximum absolute atomic E-state index is 12.9. The molecule has 6 heteroatoms. The molecule has 1 aliphatic rings. The van der Waals surface area contributed by atoms with Gasteiger partial charge in [-0.2, -0.15) is 0 Å². The standard InChI is InChI=1S/C23H28N2O4/c1-15-11-18(6-8-20(15)26)22(28)24(3)13-17-5-4-10-25(14-17)23(29)19-7-9-21(27)16(2)12-19/h6-9,11-12,17,26-27H,4-5,10,13-14H2,1-3H3/t17-/m0/s1. The molecule has 0 aromatic heterocycles. The quantitative estimate of drug-likeness (QED) is 0.831. The zero-order valence-corrected chi connectivity index (χ0v) is 17.2. The summed E-state index contributed by atoms with van der Waals surface area (Å²) in [5, 5.41) is 19.3. The molecule has 2 aromatic rings. The highest BCUT2D eigenvalue weighted by atomic mass is 16.3. The monoisotopic (exact) mass is 396 g/mol. The first kappa shape index (κ1) is 20.7. The fraction of sp³-hybridized carbons (Fsp3) is 0.391. The van der Waals surface area contributed by atoms with Crippen molar-refractivity contribution in [2.45, 2.75) is 26.7 Å². The number of phenolic OH excluding ortho intramolecular Hbond substituents is 2. The van der Waals surface area contributed by atoms with Gasteiger partial charge >= 0.3 is 0 Å². The summed E-state index contributed by atoms with van der Waals surface area (Å²) in [6.45, 7) is 5.41. The molecule has 0 spiro atoms. The number of aryl methyl sites for hydroxylation is 2. The predicted octanol–water partition coefficient (Wildman–Crippen LogP) is 3.34. The number of piperidine rings is 1. The van der Waals surface area contributed by atoms with Crippen LogP contribution in [0.1, 0.15) is 44.7 Å². The molecule has 29 heavy (non-hydrogen) atoms. The number of phenols is 2. The summed E-state index contributed by atoms with van der Waals surface area (Å²) in [6.07, 6.45) is 1.86. The number of carbonyl (C=O) groups excluding carboxylic acids is 2. The van der Waals surface area contributed by atoms with Crippen LogP contribution in [0.25, 0.3) is 0 Å². The van der Waals surface area contributed by atoms with E-state index in [1.807, 2.05) is 4.90 Å². The van der Waals surface area contributed by atoms with Crippen LogP contribution in [0.3, 0.4) is 0 Å². The number of rotatable bonds is 4. The second-order valence-corrected chi connectivity index (χ2v) is 7.95. The normalized spacial score (nSPS) is 16.5. The van der Waals surface area contributed by atoms with Crippen molar-refractivity contribution in [1.29, 1.82) is 0 Å². The van der Waals surface area contributed by atoms with Crippen molar-refractivity contribution in [2.75, 3.05) is 26.7 Å². The molecule has 0 unspecified atom stereocenters. The summed E-state index contributed by atoms with van der Waals surface area (Å²) >= 11 is 0. The van der Waals surface area contributed by atoms with Gasteiger partial charge in [-0.3, -0.25) is 9.59 Å². The Hall–Kier alpha value is -3.02. The number of nitrogens with zero attached hydrogens (tertiary/aromatic N) is 2. The van der Waals surface area contributed by atoms with Crippen molar-refractivity contribution in [3.05, 3.63) is 58.7 Å². The molecule has 6 nitrogen and oxygen atoms in total. The Morgan fingerprint density at radius 3 is 2.24 bits per heavy atom. The van der Waals surface area contributed by atoms with E-state index in [0.29, 0.717) is 41.9 Å². The van der Waals surface area contributed by atoms with Gasteiger partial charge < -0.3 is 20.0 Å². The fourth-order valence-electron chi connectivity index (χ4n) is 3.85. The van der Waals surface area contributed by atoms with E-state index in [0.717, 1.165) is 12.8 Å². The first-order valence-corrected chi connectivity index (χ1v) is 9.90. The molecule has 2 N–H and O–H groups in total. The lowest BCUT2D eigenvalue weighted by atomic mass is 9.96. The van der Waals surface area contributed by atoms with Crippen LogP contribution in [-0.4, -0.2) is 58.5 Å². The van der Waals surface area contributed by atoms with Crippen LogP contribution >= 0.6 is 0 Å². The zero-order valence-electron chi connectivity index (χ0n) is 17.2. The molecule has 1 aliphatic heterocycles. The molecule has 0 radical (unpaired) electrons. The highest BCUT2D eigenvalue weighted by Gasteiger charge is 2.27. The SMILES string of the molecule is Cc1cc(C(=O)N(C)C[C@@H]2CCCN(C(=O)c3ccc(O)c(C)c3)C2)ccc1O. The van der Waals surface area contributed by atoms with Crippen molar-refractivity contribution in [3.63, 3.8) is 0 Å². The highest BCUT2D eigenvalue weighted by Crippen LogP contribution is 2.23. The number of likely N-dealkylation sites (tertiary alicyclic amines) is 1. The van der Waals surface area contributed by atoms with Crippen LogP contribution in [0, 0.1) is 19.8 Å². The largest absolute Gasteiger partial charge is 0.508 e. The van der Waals surface area contributed by atoms with Crippen LogP contribution in [-0.2, 0) is 0 Å². The lowest BCUT2D eigenvalue weighted by Gasteiger charge is -2.35. The number of amides is 2. The molecule has 154 valence electrons. The summed E-state index contributed by atoms with van der Waals surface area (Å²) in [5.74, 6) is 0.433. The third kappa shape index (κ3) is 4.70. The predicted molar refractivity (Wildman–Crippen MR) is 111 cm³/mol. The lowest BCUT2D eigenvalue weighted by Crippen LogP contribution is -2.44. The molecule has 1 fully saturated rings. The van der Waals surface area contributed by atoms with E-state index in [9.17, 15) is 19.8 Å². The van der Waals surface area contributed by atoms with Gasteiger partial charge in [0.15, 0.2) is 0 Å². The van der Waals surface area contributed by atoms with Crippen molar-refractivity contribution in [2.24, 2.45) is 5.92 Å². The third-order valence-corrected chi connectivity index (χ3v) is 5.57. The number of hydrogen-bond acceptors (Lipinski definition) is 4. The number of aromatic hydroxyl groups is 2. The minimum absolute atomic E-state index is 0.0408. The molecule has 3 rings (SSSR count). The molecular weight excluding hydrogens is 368 g/mol. The maximum atomic E-state index is 12.9. The van der Waals surface area contributed by atoms with E-state index >= 15 is 0 Å². The zero-order chi connectivity index (χ0) is 21.1. The second kappa shape index (κ2) is 8.55. The molecular formula is C23H28N2O4. The van der Waals surface area contributed by atoms with Crippen LogP contribution in [0.4, 0.5) is 0 Å². The Bertz CT molecular complexity index is 923. The van der Waals surface area contributed by atoms with Crippen molar-refractivity contribution in [3.8, 4) is 11.5 Å². The minimum Gasteiger partial charge on any atom is -0.508 e. The van der Waals surface area contributed by atoms with E-state index in [1.54, 1.807) is 56.1 Å². The van der Waals surface area contributed by atoms with Gasteiger partial charge in [-0.25, -0.2) is 0 Å². The Morgan fingerprint density at radius 2 is 1.62 bits per heavy atom. The van der Waals surface area contributed by atoms with Gasteiger partial charge in [0, 0.05) is 37.8 Å². The van der Waals surface area contributed by atoms with E-state index in [4.69, 9.17) is 0 Å². The van der Waals surface area contributed by atoms with Crippen LogP contribution in [0.2, 0.25) is 0 Å². The van der Waals surface area contributed by atoms with Gasteiger partial charge in [0.25, 0.3) is 11.8 Å². The van der Waals surface area contributed by atoms with Gasteiger partial charge in [0.1, 0.15) is 11.5 Å². The Balaban J connectivity index is 1.64. The Kier molecular flexibility index (Phi) is 6.11. The molecule has 1 heterocycles. The smallest absolute Gasteiger partial charge is 0.253 e. The van der Waals surface area contributed by atoms with Gasteiger partial charge in [0.05, 0.1) is 0 Å². The van der Waals surface area contributed by atoms with Gasteiger partial charge in [0.2, 0.25) is 0 Å². The molecule has 0 saturated carbocycles. The lowest BCUT2D eigenvalue weighted by molar-refractivity contribution is 0.0618. The third-order valence-electron chi connectivity index (χ3n) is 5.57. The van der Waals surface area contributed by atoms with E-state index in [1.165, 1.54) is 6.07 Å². The summed E-state index contributed by atoms with van der Waals surface area (Å²) < 4.78 is 0. The topological polar surface area (TPSA) is 81.1 Å². The van der Waals surface area contributed by atoms with E-state index < -0.39 is 0 Å². The van der Waals surface area contributed by atoms with Gasteiger partial charge in [-0.1, -0.05) is 0 Å². The van der Waals surface area contributed by atoms with Gasteiger partial charge in [-0.05, 0) is 80.1 Å². The average molecular weight is 396 g/mol. The van der Waals surface area contributed by atoms with E-state index in [-0.39, 0.29) is 29.2 Å². The number of benzene rings is 2. The second-order valence-electron chi connectivity index (χ2n) is 7.95. The van der Waals surface area contributed by atoms with Crippen molar-refractivity contribution >= 4 is 11.8 Å². The van der Waals surface area contributed by atoms with Crippen LogP contribution < -0.4 is 0 Å². The Morgan fingerprint density at radius 1 is 1.03 bits per heavy atom. The van der Waals surface area contributed by atoms with Crippen molar-refractivity contribution in [1.82, 2.24) is 9.80 Å². The van der Waals surface area contributed by atoms with Crippen LogP contribution in [0.5, 0.6) is 11.5 Å². The van der Waals surface area contributed by atoms with Gasteiger partial charge in [-0.15, -0.1) is 0 Å². The van der Waals surface area contributed by atoms with Crippen LogP contribution in [0.15, 0.2) is 36.4 Å². The highest BCUT2D eigenvalue weighted by molar-refractivity contribution is 5.95. The number of hydrogen-bond donors (Lipinski definition) is 2. The molecule has 2 amide bonds. The van der Waals surface area contributed by atoms with E-state index in [2.05, 4.69) is 0 Å². The summed E-state index contributed by atoms with van der Waals surface area (Å²) in [5.41, 5.74) is 2.47.